The average Bonchev–Trinajstić information content (AvgIpc) is 3.50. The SMILES string of the molecule is COc1nc(O[C@H]2CCc3c(-c4cccc(C(=O)Nc5ccc(CN6CC(CO)C6)cn5)c4Cl)cccc32)c(Cl)cc1CNC[C@@H](O)CC(=O)O. The Hall–Kier alpha value is -4.30. The summed E-state index contributed by atoms with van der Waals surface area (Å²) in [5.41, 5.74) is 5.62. The molecule has 1 saturated heterocycles. The topological polar surface area (TPSA) is 166 Å². The molecule has 0 bridgehead atoms. The number of aliphatic hydroxyl groups excluding tert-OH is 2. The summed E-state index contributed by atoms with van der Waals surface area (Å²) >= 11 is 13.5. The second-order valence-corrected chi connectivity index (χ2v) is 13.5. The number of benzene rings is 2. The molecule has 0 spiro atoms. The van der Waals surface area contributed by atoms with E-state index in [-0.39, 0.29) is 49.0 Å². The highest BCUT2D eigenvalue weighted by molar-refractivity contribution is 6.37. The number of rotatable bonds is 15. The third kappa shape index (κ3) is 8.61. The predicted molar refractivity (Wildman–Crippen MR) is 192 cm³/mol. The van der Waals surface area contributed by atoms with E-state index in [9.17, 15) is 19.8 Å². The number of nitrogens with one attached hydrogen (secondary N) is 2. The van der Waals surface area contributed by atoms with Gasteiger partial charge in [-0.2, -0.15) is 4.98 Å². The molecule has 0 radical (unpaired) electrons. The molecule has 1 aliphatic carbocycles. The van der Waals surface area contributed by atoms with Gasteiger partial charge in [0.15, 0.2) is 0 Å². The average molecular weight is 737 g/mol. The fourth-order valence-corrected chi connectivity index (χ4v) is 7.06. The molecule has 0 unspecified atom stereocenters. The molecule has 0 saturated carbocycles. The molecule has 2 aromatic carbocycles. The number of carboxylic acid groups (broad SMARTS) is 1. The highest BCUT2D eigenvalue weighted by Crippen LogP contribution is 2.43. The zero-order chi connectivity index (χ0) is 36.1. The molecule has 4 aromatic rings. The van der Waals surface area contributed by atoms with Gasteiger partial charge in [0.25, 0.3) is 5.91 Å². The Bertz CT molecular complexity index is 1890. The van der Waals surface area contributed by atoms with Crippen LogP contribution in [0.4, 0.5) is 5.82 Å². The minimum absolute atomic E-state index is 0.0716. The van der Waals surface area contributed by atoms with E-state index in [0.717, 1.165) is 47.5 Å². The molecule has 5 N–H and O–H groups in total. The lowest BCUT2D eigenvalue weighted by Gasteiger charge is -2.38. The smallest absolute Gasteiger partial charge is 0.306 e. The van der Waals surface area contributed by atoms with Crippen LogP contribution in [-0.2, 0) is 24.3 Å². The molecular formula is C37H39Cl2N5O7. The van der Waals surface area contributed by atoms with Crippen molar-refractivity contribution in [3.05, 3.63) is 98.7 Å². The molecule has 2 aromatic heterocycles. The third-order valence-electron chi connectivity index (χ3n) is 9.05. The van der Waals surface area contributed by atoms with Crippen molar-refractivity contribution < 1.29 is 34.4 Å². The van der Waals surface area contributed by atoms with Gasteiger partial charge in [-0.3, -0.25) is 14.5 Å². The maximum atomic E-state index is 13.4. The normalized spacial score (nSPS) is 16.3. The zero-order valence-electron chi connectivity index (χ0n) is 27.9. The van der Waals surface area contributed by atoms with Gasteiger partial charge < -0.3 is 35.4 Å². The van der Waals surface area contributed by atoms with Gasteiger partial charge >= 0.3 is 5.97 Å². The van der Waals surface area contributed by atoms with Crippen LogP contribution >= 0.6 is 23.2 Å². The Morgan fingerprint density at radius 1 is 1.08 bits per heavy atom. The number of pyridine rings is 2. The van der Waals surface area contributed by atoms with E-state index >= 15 is 0 Å². The molecule has 51 heavy (non-hydrogen) atoms. The van der Waals surface area contributed by atoms with Crippen molar-refractivity contribution in [2.75, 3.05) is 38.7 Å². The lowest BCUT2D eigenvalue weighted by molar-refractivity contribution is -0.139. The number of ether oxygens (including phenoxy) is 2. The number of hydrogen-bond acceptors (Lipinski definition) is 10. The van der Waals surface area contributed by atoms with Crippen LogP contribution in [0.5, 0.6) is 11.8 Å². The highest BCUT2D eigenvalue weighted by Gasteiger charge is 2.30. The first-order valence-electron chi connectivity index (χ1n) is 16.6. The summed E-state index contributed by atoms with van der Waals surface area (Å²) in [6.45, 7) is 2.99. The number of aromatic nitrogens is 2. The number of fused-ring (bicyclic) bond motifs is 1. The number of halogens is 2. The van der Waals surface area contributed by atoms with Gasteiger partial charge in [-0.25, -0.2) is 4.98 Å². The molecule has 1 aliphatic heterocycles. The molecule has 3 heterocycles. The van der Waals surface area contributed by atoms with Crippen LogP contribution in [0.3, 0.4) is 0 Å². The third-order valence-corrected chi connectivity index (χ3v) is 9.73. The number of anilines is 1. The first kappa shape index (κ1) is 36.5. The fraction of sp³-hybridized carbons (Fsp3) is 0.351. The Labute approximate surface area is 305 Å². The molecule has 12 nitrogen and oxygen atoms in total. The van der Waals surface area contributed by atoms with Crippen LogP contribution in [0.1, 0.15) is 51.6 Å². The summed E-state index contributed by atoms with van der Waals surface area (Å²) in [7, 11) is 1.48. The van der Waals surface area contributed by atoms with Crippen molar-refractivity contribution in [2.45, 2.75) is 44.6 Å². The number of aliphatic carboxylic acids is 1. The second kappa shape index (κ2) is 16.4. The molecule has 14 heteroatoms. The molecule has 6 rings (SSSR count). The van der Waals surface area contributed by atoms with Gasteiger partial charge in [-0.05, 0) is 53.3 Å². The number of carbonyl (C=O) groups is 2. The van der Waals surface area contributed by atoms with E-state index in [1.165, 1.54) is 7.11 Å². The number of hydrogen-bond donors (Lipinski definition) is 5. The molecule has 1 amide bonds. The standard InChI is InChI=1S/C37H39Cl2N5O7/c1-50-36-23(15-40-16-24(46)13-33(47)48)12-30(38)37(43-36)51-31-10-9-26-25(4-2-5-27(26)31)28-6-3-7-29(34(28)39)35(49)42-32-11-8-21(14-41-32)17-44-18-22(19-44)20-45/h2-8,11-12,14,22,24,31,40,45-46H,9-10,13,15-20H2,1H3,(H,47,48)(H,41,42,49)/t24-,31-/m0/s1. The second-order valence-electron chi connectivity index (χ2n) is 12.8. The fourth-order valence-electron chi connectivity index (χ4n) is 6.52. The molecule has 1 fully saturated rings. The summed E-state index contributed by atoms with van der Waals surface area (Å²) in [4.78, 5) is 35.4. The van der Waals surface area contributed by atoms with Crippen LogP contribution in [0.25, 0.3) is 11.1 Å². The van der Waals surface area contributed by atoms with Gasteiger partial charge in [-0.15, -0.1) is 0 Å². The lowest BCUT2D eigenvalue weighted by atomic mass is 9.95. The molecular weight excluding hydrogens is 697 g/mol. The minimum atomic E-state index is -1.08. The Morgan fingerprint density at radius 2 is 1.86 bits per heavy atom. The van der Waals surface area contributed by atoms with E-state index in [4.69, 9.17) is 37.8 Å². The van der Waals surface area contributed by atoms with Crippen LogP contribution in [0.15, 0.2) is 60.8 Å². The molecule has 2 aliphatic rings. The van der Waals surface area contributed by atoms with Crippen molar-refractivity contribution in [2.24, 2.45) is 5.92 Å². The van der Waals surface area contributed by atoms with E-state index < -0.39 is 12.1 Å². The summed E-state index contributed by atoms with van der Waals surface area (Å²) in [5.74, 6) is -0.190. The predicted octanol–water partition coefficient (Wildman–Crippen LogP) is 5.13. The number of amides is 1. The Balaban J connectivity index is 1.13. The van der Waals surface area contributed by atoms with Gasteiger partial charge in [0, 0.05) is 62.6 Å². The molecule has 268 valence electrons. The lowest BCUT2D eigenvalue weighted by Crippen LogP contribution is -2.47. The van der Waals surface area contributed by atoms with Gasteiger partial charge in [-0.1, -0.05) is 59.6 Å². The van der Waals surface area contributed by atoms with E-state index in [1.807, 2.05) is 30.3 Å². The van der Waals surface area contributed by atoms with E-state index in [1.54, 1.807) is 30.5 Å². The largest absolute Gasteiger partial charge is 0.481 e. The number of likely N-dealkylation sites (tertiary alicyclic amines) is 1. The summed E-state index contributed by atoms with van der Waals surface area (Å²) in [5, 5.41) is 34.4. The summed E-state index contributed by atoms with van der Waals surface area (Å²) in [6, 6.07) is 16.7. The molecule has 2 atom stereocenters. The van der Waals surface area contributed by atoms with E-state index in [0.29, 0.717) is 46.6 Å². The maximum absolute atomic E-state index is 13.4. The Morgan fingerprint density at radius 3 is 2.59 bits per heavy atom. The van der Waals surface area contributed by atoms with Gasteiger partial charge in [0.2, 0.25) is 11.8 Å². The zero-order valence-corrected chi connectivity index (χ0v) is 29.5. The van der Waals surface area contributed by atoms with Crippen molar-refractivity contribution >= 4 is 40.9 Å². The quantitative estimate of drug-likeness (QED) is 0.110. The number of methoxy groups -OCH3 is 1. The van der Waals surface area contributed by atoms with Gasteiger partial charge in [0.05, 0.1) is 30.2 Å². The van der Waals surface area contributed by atoms with Crippen molar-refractivity contribution in [1.29, 1.82) is 0 Å². The number of carbonyl (C=O) groups excluding carboxylic acids is 1. The number of nitrogens with zero attached hydrogens (tertiary/aromatic N) is 3. The first-order valence-corrected chi connectivity index (χ1v) is 17.4. The Kier molecular flexibility index (Phi) is 11.7. The van der Waals surface area contributed by atoms with Gasteiger partial charge in [0.1, 0.15) is 16.9 Å². The van der Waals surface area contributed by atoms with E-state index in [2.05, 4.69) is 25.5 Å². The van der Waals surface area contributed by atoms with Crippen molar-refractivity contribution in [3.63, 3.8) is 0 Å². The highest BCUT2D eigenvalue weighted by atomic mass is 35.5. The van der Waals surface area contributed by atoms with Crippen LogP contribution < -0.4 is 20.1 Å². The monoisotopic (exact) mass is 735 g/mol. The maximum Gasteiger partial charge on any atom is 0.306 e. The summed E-state index contributed by atoms with van der Waals surface area (Å²) in [6.07, 6.45) is 1.36. The minimum Gasteiger partial charge on any atom is -0.481 e. The van der Waals surface area contributed by atoms with Crippen molar-refractivity contribution in [1.82, 2.24) is 20.2 Å². The van der Waals surface area contributed by atoms with Crippen LogP contribution in [-0.4, -0.2) is 81.5 Å². The van der Waals surface area contributed by atoms with Crippen LogP contribution in [0.2, 0.25) is 10.0 Å². The summed E-state index contributed by atoms with van der Waals surface area (Å²) < 4.78 is 11.8. The number of aliphatic hydroxyl groups is 2. The first-order chi connectivity index (χ1) is 24.6. The van der Waals surface area contributed by atoms with Crippen LogP contribution in [0, 0.1) is 5.92 Å². The number of carboxylic acids is 1. The van der Waals surface area contributed by atoms with Crippen molar-refractivity contribution in [3.8, 4) is 22.9 Å².